The van der Waals surface area contributed by atoms with Gasteiger partial charge in [-0.15, -0.1) is 0 Å². The largest absolute Gasteiger partial charge is 0.444 e. The van der Waals surface area contributed by atoms with Crippen LogP contribution in [0.25, 0.3) is 22.5 Å². The van der Waals surface area contributed by atoms with Gasteiger partial charge in [-0.1, -0.05) is 41.0 Å². The van der Waals surface area contributed by atoms with E-state index in [9.17, 15) is 14.4 Å². The Morgan fingerprint density at radius 3 is 1.42 bits per heavy atom. The first-order valence-electron chi connectivity index (χ1n) is 24.5. The molecule has 3 amide bonds. The van der Waals surface area contributed by atoms with Gasteiger partial charge in [0.15, 0.2) is 0 Å². The van der Waals surface area contributed by atoms with Crippen molar-refractivity contribution in [3.05, 3.63) is 152 Å². The average Bonchev–Trinajstić information content (AvgIpc) is 3.88. The number of aromatic amines is 2. The minimum absolute atomic E-state index is 0.0107. The molecule has 4 aliphatic rings. The number of ether oxygens (including phenoxy) is 1. The predicted molar refractivity (Wildman–Crippen MR) is 279 cm³/mol. The van der Waals surface area contributed by atoms with Crippen LogP contribution in [0, 0.1) is 55.9 Å². The zero-order chi connectivity index (χ0) is 52.8. The van der Waals surface area contributed by atoms with Crippen molar-refractivity contribution in [1.82, 2.24) is 40.0 Å². The fourth-order valence-electron chi connectivity index (χ4n) is 9.26. The number of hydrogen-bond acceptors (Lipinski definition) is 11. The summed E-state index contributed by atoms with van der Waals surface area (Å²) in [4.78, 5) is 60.7. The molecule has 6 aromatic rings. The number of rotatable bonds is 9. The van der Waals surface area contributed by atoms with Gasteiger partial charge in [-0.05, 0) is 130 Å². The van der Waals surface area contributed by atoms with Crippen molar-refractivity contribution in [2.24, 2.45) is 15.1 Å². The standard InChI is InChI=1S/C30H33N5O3.C25H25N5O.ClHN4/c1-18-6-9-22(28(36)34-14-23(15-34)21-10-7-20(13-31)8-11-21)12-25(18)26-19(2)32-27(33-26)24-16-35(17-24)29(37)38-30(3,4)5;1-15-3-6-19(9-22(15)23-16(2)28-24(29-23)20-11-27-12-20)25(31)30-13-21(14-30)18-7-4-17(10-26)5-8-18;1-3-5-4-2/h6-12,23-24H,14-17H2,1-5H3,(H,32,33);3-9,20-21,27H,11-14H2,1-2H3,(H,28,29);2H. The van der Waals surface area contributed by atoms with Gasteiger partial charge in [-0.25, -0.2) is 14.8 Å². The molecule has 0 radical (unpaired) electrons. The zero-order valence-corrected chi connectivity index (χ0v) is 43.3. The van der Waals surface area contributed by atoms with E-state index < -0.39 is 5.60 Å². The van der Waals surface area contributed by atoms with E-state index in [0.717, 1.165) is 75.3 Å². The van der Waals surface area contributed by atoms with Crippen LogP contribution in [0.2, 0.25) is 0 Å². The molecule has 0 aliphatic carbocycles. The van der Waals surface area contributed by atoms with Gasteiger partial charge in [0.2, 0.25) is 0 Å². The molecular formula is C55H59ClN14O4. The topological polar surface area (TPSA) is 248 Å². The molecule has 0 spiro atoms. The summed E-state index contributed by atoms with van der Waals surface area (Å²) in [7, 11) is 0. The molecule has 18 nitrogen and oxygen atoms in total. The lowest BCUT2D eigenvalue weighted by atomic mass is 9.90. The number of nitrogens with zero attached hydrogens (tertiary/aromatic N) is 10. The fraction of sp³-hybridized carbons (Fsp3) is 0.364. The highest BCUT2D eigenvalue weighted by molar-refractivity contribution is 6.13. The lowest BCUT2D eigenvalue weighted by molar-refractivity contribution is 0.00756. The second-order valence-corrected chi connectivity index (χ2v) is 20.4. The number of aromatic nitrogens is 4. The first-order valence-corrected chi connectivity index (χ1v) is 24.8. The van der Waals surface area contributed by atoms with Crippen LogP contribution in [0.1, 0.15) is 122 Å². The molecule has 4 fully saturated rings. The van der Waals surface area contributed by atoms with Crippen molar-refractivity contribution in [2.45, 2.75) is 77.7 Å². The Morgan fingerprint density at radius 2 is 1.07 bits per heavy atom. The molecule has 4 saturated heterocycles. The Morgan fingerprint density at radius 1 is 0.649 bits per heavy atom. The summed E-state index contributed by atoms with van der Waals surface area (Å²) >= 11 is 4.55. The Labute approximate surface area is 435 Å². The lowest BCUT2D eigenvalue weighted by Crippen LogP contribution is -2.50. The highest BCUT2D eigenvalue weighted by atomic mass is 35.5. The summed E-state index contributed by atoms with van der Waals surface area (Å²) in [6, 6.07) is 31.2. The maximum atomic E-state index is 13.3. The van der Waals surface area contributed by atoms with Gasteiger partial charge in [-0.2, -0.15) is 16.1 Å². The number of imidazole rings is 2. The van der Waals surface area contributed by atoms with Crippen LogP contribution in [0.15, 0.2) is 100 Å². The first-order chi connectivity index (χ1) is 35.5. The molecule has 4 N–H and O–H groups in total. The number of hydrogen-bond donors (Lipinski definition) is 4. The number of nitriles is 2. The summed E-state index contributed by atoms with van der Waals surface area (Å²) in [5.41, 5.74) is 18.2. The molecule has 380 valence electrons. The maximum absolute atomic E-state index is 13.3. The van der Waals surface area contributed by atoms with Gasteiger partial charge in [0, 0.05) is 104 Å². The van der Waals surface area contributed by atoms with Crippen molar-refractivity contribution >= 4 is 29.7 Å². The van der Waals surface area contributed by atoms with Crippen LogP contribution in [-0.4, -0.2) is 111 Å². The van der Waals surface area contributed by atoms with Gasteiger partial charge < -0.3 is 34.7 Å². The number of benzene rings is 4. The van der Waals surface area contributed by atoms with Crippen LogP contribution < -0.4 is 5.32 Å². The number of likely N-dealkylation sites (tertiary alicyclic amines) is 3. The SMILES string of the molecule is Cc1ccc(C(=O)N2CC(c3ccc(C#N)cc3)C2)cc1-c1nc(C2CN(C(=O)OC(C)(C)C)C2)[nH]c1C.Cc1ccc(C(=O)N2CC(c3ccc(C#N)cc3)C2)cc1-c1nc(C2CNC2)[nH]c1C.N=NN=NCl. The van der Waals surface area contributed by atoms with Crippen LogP contribution in [0.4, 0.5) is 4.79 Å². The third-order valence-corrected chi connectivity index (χ3v) is 13.9. The van der Waals surface area contributed by atoms with E-state index in [2.05, 4.69) is 61.2 Å². The molecule has 4 aromatic carbocycles. The number of carbonyl (C=O) groups excluding carboxylic acids is 3. The molecule has 19 heteroatoms. The number of aryl methyl sites for hydroxylation is 4. The summed E-state index contributed by atoms with van der Waals surface area (Å²) in [6.07, 6.45) is -0.299. The normalized spacial score (nSPS) is 15.7. The van der Waals surface area contributed by atoms with Gasteiger partial charge in [0.25, 0.3) is 11.8 Å². The smallest absolute Gasteiger partial charge is 0.410 e. The van der Waals surface area contributed by atoms with Crippen LogP contribution in [0.5, 0.6) is 0 Å². The maximum Gasteiger partial charge on any atom is 0.410 e. The van der Waals surface area contributed by atoms with Gasteiger partial charge in [-0.3, -0.25) is 9.59 Å². The minimum Gasteiger partial charge on any atom is -0.444 e. The average molecular weight is 1020 g/mol. The van der Waals surface area contributed by atoms with Crippen LogP contribution in [0.3, 0.4) is 0 Å². The molecule has 2 aromatic heterocycles. The molecule has 4 aliphatic heterocycles. The molecule has 0 unspecified atom stereocenters. The van der Waals surface area contributed by atoms with Crippen molar-refractivity contribution < 1.29 is 19.1 Å². The quantitative estimate of drug-likeness (QED) is 0.0793. The number of halogens is 1. The van der Waals surface area contributed by atoms with Gasteiger partial charge in [0.05, 0.1) is 52.3 Å². The molecule has 74 heavy (non-hydrogen) atoms. The van der Waals surface area contributed by atoms with E-state index in [1.165, 1.54) is 5.56 Å². The van der Waals surface area contributed by atoms with E-state index in [0.29, 0.717) is 73.4 Å². The second-order valence-electron chi connectivity index (χ2n) is 20.2. The third-order valence-electron chi connectivity index (χ3n) is 13.8. The van der Waals surface area contributed by atoms with Crippen molar-refractivity contribution in [3.8, 4) is 34.7 Å². The predicted octanol–water partition coefficient (Wildman–Crippen LogP) is 10.2. The lowest BCUT2D eigenvalue weighted by Gasteiger charge is -2.39. The molecular weight excluding hydrogens is 956 g/mol. The van der Waals surface area contributed by atoms with E-state index in [1.807, 2.05) is 136 Å². The third kappa shape index (κ3) is 11.7. The molecule has 10 rings (SSSR count). The number of H-pyrrole nitrogens is 2. The summed E-state index contributed by atoms with van der Waals surface area (Å²) in [6.45, 7) is 19.5. The number of carbonyl (C=O) groups is 3. The van der Waals surface area contributed by atoms with Crippen molar-refractivity contribution in [3.63, 3.8) is 0 Å². The number of nitrogens with one attached hydrogen (secondary N) is 4. The summed E-state index contributed by atoms with van der Waals surface area (Å²) < 4.78 is 8.06. The van der Waals surface area contributed by atoms with Gasteiger partial charge in [0.1, 0.15) is 17.2 Å². The Kier molecular flexibility index (Phi) is 15.8. The highest BCUT2D eigenvalue weighted by Gasteiger charge is 2.38. The van der Waals surface area contributed by atoms with Gasteiger partial charge >= 0.3 is 6.09 Å². The minimum atomic E-state index is -0.517. The van der Waals surface area contributed by atoms with E-state index in [-0.39, 0.29) is 29.7 Å². The Bertz CT molecular complexity index is 3160. The first kappa shape index (κ1) is 52.3. The van der Waals surface area contributed by atoms with Crippen molar-refractivity contribution in [2.75, 3.05) is 52.4 Å². The highest BCUT2D eigenvalue weighted by Crippen LogP contribution is 2.35. The van der Waals surface area contributed by atoms with E-state index in [4.69, 9.17) is 30.8 Å². The van der Waals surface area contributed by atoms with E-state index >= 15 is 0 Å². The van der Waals surface area contributed by atoms with E-state index in [1.54, 1.807) is 4.90 Å². The van der Waals surface area contributed by atoms with Crippen LogP contribution in [-0.2, 0) is 4.74 Å². The molecule has 6 heterocycles. The molecule has 0 atom stereocenters. The Balaban J connectivity index is 0.000000183. The molecule has 0 bridgehead atoms. The summed E-state index contributed by atoms with van der Waals surface area (Å²) in [5, 5.41) is 26.3. The zero-order valence-electron chi connectivity index (χ0n) is 42.5. The number of amides is 3. The second kappa shape index (κ2) is 22.4. The Hall–Kier alpha value is -8.06. The molecule has 0 saturated carbocycles. The monoisotopic (exact) mass is 1010 g/mol. The van der Waals surface area contributed by atoms with Crippen molar-refractivity contribution in [1.29, 1.82) is 16.1 Å². The van der Waals surface area contributed by atoms with Crippen LogP contribution >= 0.6 is 11.8 Å². The summed E-state index contributed by atoms with van der Waals surface area (Å²) in [5.74, 6) is 3.12. The fourth-order valence-corrected chi connectivity index (χ4v) is 9.29.